The van der Waals surface area contributed by atoms with E-state index in [-0.39, 0.29) is 17.6 Å². The van der Waals surface area contributed by atoms with E-state index in [0.717, 1.165) is 30.1 Å². The highest BCUT2D eigenvalue weighted by Gasteiger charge is 2.25. The molecule has 0 unspecified atom stereocenters. The minimum Gasteiger partial charge on any atom is -0.495 e. The Morgan fingerprint density at radius 1 is 1.04 bits per heavy atom. The molecule has 2 aliphatic heterocycles. The molecule has 4 heteroatoms. The molecule has 0 amide bonds. The van der Waals surface area contributed by atoms with Crippen molar-refractivity contribution in [1.82, 2.24) is 0 Å². The first-order chi connectivity index (χ1) is 12.9. The second-order valence-corrected chi connectivity index (χ2v) is 7.30. The van der Waals surface area contributed by atoms with Gasteiger partial charge in [0.1, 0.15) is 31.2 Å². The Bertz CT molecular complexity index is 656. The van der Waals surface area contributed by atoms with Gasteiger partial charge in [-0.15, -0.1) is 0 Å². The summed E-state index contributed by atoms with van der Waals surface area (Å²) >= 11 is 0. The second kappa shape index (κ2) is 9.77. The van der Waals surface area contributed by atoms with Gasteiger partial charge >= 0.3 is 0 Å². The lowest BCUT2D eigenvalue weighted by Crippen LogP contribution is -2.16. The van der Waals surface area contributed by atoms with E-state index in [9.17, 15) is 0 Å². The quantitative estimate of drug-likeness (QED) is 0.278. The van der Waals surface area contributed by atoms with Crippen LogP contribution in [-0.4, -0.2) is 38.6 Å². The van der Waals surface area contributed by atoms with Crippen molar-refractivity contribution in [2.75, 3.05) is 26.4 Å². The lowest BCUT2D eigenvalue weighted by Gasteiger charge is -2.28. The Labute approximate surface area is 163 Å². The second-order valence-electron chi connectivity index (χ2n) is 7.30. The largest absolute Gasteiger partial charge is 0.495 e. The number of allylic oxidation sites excluding steroid dienone is 9. The number of ether oxygens (including phenoxy) is 4. The van der Waals surface area contributed by atoms with Gasteiger partial charge in [-0.2, -0.15) is 0 Å². The number of rotatable bonds is 12. The van der Waals surface area contributed by atoms with Crippen LogP contribution in [0.1, 0.15) is 27.7 Å². The van der Waals surface area contributed by atoms with Crippen molar-refractivity contribution in [3.8, 4) is 0 Å². The molecule has 2 fully saturated rings. The summed E-state index contributed by atoms with van der Waals surface area (Å²) in [6, 6.07) is 0. The maximum atomic E-state index is 5.68. The zero-order valence-electron chi connectivity index (χ0n) is 17.0. The third-order valence-corrected chi connectivity index (χ3v) is 4.68. The molecule has 148 valence electrons. The summed E-state index contributed by atoms with van der Waals surface area (Å²) in [6.45, 7) is 19.0. The Kier molecular flexibility index (Phi) is 7.69. The molecule has 0 bridgehead atoms. The van der Waals surface area contributed by atoms with Crippen molar-refractivity contribution >= 4 is 0 Å². The molecule has 27 heavy (non-hydrogen) atoms. The van der Waals surface area contributed by atoms with Crippen LogP contribution in [0.3, 0.4) is 0 Å². The van der Waals surface area contributed by atoms with Gasteiger partial charge < -0.3 is 18.9 Å². The summed E-state index contributed by atoms with van der Waals surface area (Å²) in [6.07, 6.45) is 12.5. The van der Waals surface area contributed by atoms with Crippen LogP contribution in [0.25, 0.3) is 0 Å². The van der Waals surface area contributed by atoms with Crippen molar-refractivity contribution in [3.05, 3.63) is 72.3 Å². The van der Waals surface area contributed by atoms with Gasteiger partial charge in [-0.1, -0.05) is 51.3 Å². The average molecular weight is 373 g/mol. The fourth-order valence-corrected chi connectivity index (χ4v) is 2.60. The molecule has 0 saturated carbocycles. The molecule has 0 aromatic rings. The van der Waals surface area contributed by atoms with Crippen molar-refractivity contribution in [2.45, 2.75) is 39.9 Å². The summed E-state index contributed by atoms with van der Waals surface area (Å²) in [5, 5.41) is 0. The molecule has 0 spiro atoms. The summed E-state index contributed by atoms with van der Waals surface area (Å²) in [5.41, 5.74) is 2.03. The molecule has 0 N–H and O–H groups in total. The molecule has 2 aliphatic rings. The van der Waals surface area contributed by atoms with Crippen LogP contribution in [0, 0.1) is 5.41 Å². The Morgan fingerprint density at radius 3 is 2.15 bits per heavy atom. The van der Waals surface area contributed by atoms with E-state index in [4.69, 9.17) is 18.9 Å². The van der Waals surface area contributed by atoms with Gasteiger partial charge in [-0.25, -0.2) is 0 Å². The lowest BCUT2D eigenvalue weighted by molar-refractivity contribution is 0.184. The summed E-state index contributed by atoms with van der Waals surface area (Å²) in [5.74, 6) is 1.50. The predicted octanol–water partition coefficient (Wildman–Crippen LogP) is 4.88. The number of hydrogen-bond acceptors (Lipinski definition) is 4. The molecule has 2 heterocycles. The number of epoxide rings is 2. The van der Waals surface area contributed by atoms with Crippen LogP contribution in [0.15, 0.2) is 72.3 Å². The van der Waals surface area contributed by atoms with Crippen LogP contribution in [0.2, 0.25) is 0 Å². The smallest absolute Gasteiger partial charge is 0.117 e. The fourth-order valence-electron chi connectivity index (χ4n) is 2.60. The highest BCUT2D eigenvalue weighted by Crippen LogP contribution is 2.36. The normalized spacial score (nSPS) is 23.3. The van der Waals surface area contributed by atoms with Gasteiger partial charge in [0.2, 0.25) is 0 Å². The van der Waals surface area contributed by atoms with Gasteiger partial charge in [0.15, 0.2) is 0 Å². The first kappa shape index (κ1) is 21.3. The van der Waals surface area contributed by atoms with Crippen molar-refractivity contribution in [2.24, 2.45) is 5.41 Å². The van der Waals surface area contributed by atoms with Crippen LogP contribution >= 0.6 is 0 Å². The molecule has 0 aliphatic carbocycles. The molecule has 2 rings (SSSR count). The Balaban J connectivity index is 2.00. The number of hydrogen-bond donors (Lipinski definition) is 0. The molecule has 0 radical (unpaired) electrons. The molecular weight excluding hydrogens is 340 g/mol. The van der Waals surface area contributed by atoms with E-state index in [0.29, 0.717) is 19.0 Å². The first-order valence-electron chi connectivity index (χ1n) is 9.41. The highest BCUT2D eigenvalue weighted by molar-refractivity contribution is 5.41. The van der Waals surface area contributed by atoms with E-state index in [2.05, 4.69) is 39.2 Å². The van der Waals surface area contributed by atoms with Crippen LogP contribution < -0.4 is 0 Å². The third kappa shape index (κ3) is 7.24. The highest BCUT2D eigenvalue weighted by atomic mass is 16.6. The van der Waals surface area contributed by atoms with Gasteiger partial charge in [0, 0.05) is 5.41 Å². The third-order valence-electron chi connectivity index (χ3n) is 4.68. The van der Waals surface area contributed by atoms with Crippen LogP contribution in [0.5, 0.6) is 0 Å². The minimum atomic E-state index is -0.219. The van der Waals surface area contributed by atoms with Gasteiger partial charge in [-0.05, 0) is 37.1 Å². The standard InChI is InChI=1S/C23H32O4/c1-7-19(11-9-17(3)24-13-21-15-26-21)23(5,6)20(8-2)12-10-18(4)25-14-22-16-27-22/h7-12,21-22H,1,4,13-16H2,2-3,5-6H3/b12-10-,17-9+,19-11+,20-8+/t21-,22+/m0/s1. The van der Waals surface area contributed by atoms with E-state index >= 15 is 0 Å². The molecule has 2 saturated heterocycles. The van der Waals surface area contributed by atoms with Crippen molar-refractivity contribution in [3.63, 3.8) is 0 Å². The van der Waals surface area contributed by atoms with Crippen LogP contribution in [-0.2, 0) is 18.9 Å². The summed E-state index contributed by atoms with van der Waals surface area (Å²) < 4.78 is 21.6. The zero-order chi connectivity index (χ0) is 19.9. The van der Waals surface area contributed by atoms with Crippen molar-refractivity contribution < 1.29 is 18.9 Å². The van der Waals surface area contributed by atoms with E-state index in [1.165, 1.54) is 0 Å². The zero-order valence-corrected chi connectivity index (χ0v) is 17.0. The molecule has 0 aromatic heterocycles. The van der Waals surface area contributed by atoms with Gasteiger partial charge in [-0.3, -0.25) is 0 Å². The Hall–Kier alpha value is -2.04. The molecular formula is C23H32O4. The Morgan fingerprint density at radius 2 is 1.63 bits per heavy atom. The van der Waals surface area contributed by atoms with Crippen molar-refractivity contribution in [1.29, 1.82) is 0 Å². The van der Waals surface area contributed by atoms with E-state index in [1.807, 2.05) is 38.2 Å². The lowest BCUT2D eigenvalue weighted by atomic mass is 9.76. The molecule has 2 atom stereocenters. The van der Waals surface area contributed by atoms with E-state index < -0.39 is 0 Å². The SMILES string of the molecule is C=C/C(=C\C=C(/C)OC[C@H]1CO1)C(C)(C)C(/C=C\C(=C)OC[C@@H]1CO1)=C/C. The summed E-state index contributed by atoms with van der Waals surface area (Å²) in [7, 11) is 0. The van der Waals surface area contributed by atoms with Gasteiger partial charge in [0.05, 0.1) is 19.0 Å². The van der Waals surface area contributed by atoms with E-state index in [1.54, 1.807) is 0 Å². The first-order valence-corrected chi connectivity index (χ1v) is 9.41. The monoisotopic (exact) mass is 372 g/mol. The molecule has 4 nitrogen and oxygen atoms in total. The predicted molar refractivity (Wildman–Crippen MR) is 109 cm³/mol. The topological polar surface area (TPSA) is 43.5 Å². The fraction of sp³-hybridized carbons (Fsp3) is 0.478. The molecule has 0 aromatic carbocycles. The minimum absolute atomic E-state index is 0.219. The maximum absolute atomic E-state index is 5.68. The maximum Gasteiger partial charge on any atom is 0.117 e. The average Bonchev–Trinajstić information content (AvgIpc) is 3.53. The van der Waals surface area contributed by atoms with Crippen LogP contribution in [0.4, 0.5) is 0 Å². The summed E-state index contributed by atoms with van der Waals surface area (Å²) in [4.78, 5) is 0. The van der Waals surface area contributed by atoms with Gasteiger partial charge in [0.25, 0.3) is 0 Å².